The maximum Gasteiger partial charge on any atom is 0.193 e. The molecule has 0 aromatic heterocycles. The summed E-state index contributed by atoms with van der Waals surface area (Å²) in [6.07, 6.45) is -0.819. The van der Waals surface area contributed by atoms with Crippen molar-refractivity contribution in [1.82, 2.24) is 0 Å². The molecular weight excluding hydrogens is 336 g/mol. The first-order valence-corrected chi connectivity index (χ1v) is 8.51. The summed E-state index contributed by atoms with van der Waals surface area (Å²) in [4.78, 5) is 12.5. The minimum Gasteiger partial charge on any atom is -0.491 e. The van der Waals surface area contributed by atoms with Gasteiger partial charge in [-0.05, 0) is 55.0 Å². The van der Waals surface area contributed by atoms with Crippen molar-refractivity contribution in [3.05, 3.63) is 59.7 Å². The van der Waals surface area contributed by atoms with E-state index >= 15 is 0 Å². The third-order valence-electron chi connectivity index (χ3n) is 3.80. The Labute approximate surface area is 152 Å². The minimum absolute atomic E-state index is 0.0159. The lowest BCUT2D eigenvalue weighted by atomic mass is 10.0. The highest BCUT2D eigenvalue weighted by molar-refractivity contribution is 6.09. The number of carbonyl (C=O) groups is 1. The molecule has 0 saturated heterocycles. The number of hydrogen-bond acceptors (Lipinski definition) is 6. The molecule has 0 aliphatic heterocycles. The Bertz CT molecular complexity index is 621. The summed E-state index contributed by atoms with van der Waals surface area (Å²) in [5.41, 5.74) is 1.04. The molecule has 0 amide bonds. The topological polar surface area (TPSA) is 96.2 Å². The molecule has 0 spiro atoms. The van der Waals surface area contributed by atoms with E-state index in [0.717, 1.165) is 0 Å². The van der Waals surface area contributed by atoms with E-state index in [2.05, 4.69) is 0 Å². The van der Waals surface area contributed by atoms with E-state index in [4.69, 9.17) is 14.6 Å². The van der Waals surface area contributed by atoms with Gasteiger partial charge in [0.2, 0.25) is 0 Å². The molecule has 3 N–H and O–H groups in total. The SMILES string of the molecule is CCC(O)COc1ccc(C(=O)c2ccc(OCC(O)CO)cc2)cc1. The van der Waals surface area contributed by atoms with Crippen LogP contribution in [0.5, 0.6) is 11.5 Å². The Balaban J connectivity index is 1.95. The fraction of sp³-hybridized carbons (Fsp3) is 0.350. The van der Waals surface area contributed by atoms with Crippen LogP contribution in [0.2, 0.25) is 0 Å². The molecule has 2 rings (SSSR count). The second-order valence-electron chi connectivity index (χ2n) is 5.90. The van der Waals surface area contributed by atoms with E-state index in [9.17, 15) is 15.0 Å². The van der Waals surface area contributed by atoms with Gasteiger partial charge in [0.05, 0.1) is 12.7 Å². The zero-order chi connectivity index (χ0) is 18.9. The molecule has 2 unspecified atom stereocenters. The molecule has 0 fully saturated rings. The van der Waals surface area contributed by atoms with E-state index in [1.54, 1.807) is 48.5 Å². The monoisotopic (exact) mass is 360 g/mol. The van der Waals surface area contributed by atoms with E-state index in [0.29, 0.717) is 29.0 Å². The third kappa shape index (κ3) is 5.84. The van der Waals surface area contributed by atoms with Crippen LogP contribution in [-0.4, -0.2) is 53.1 Å². The smallest absolute Gasteiger partial charge is 0.193 e. The molecule has 0 saturated carbocycles. The van der Waals surface area contributed by atoms with Crippen molar-refractivity contribution in [1.29, 1.82) is 0 Å². The molecule has 140 valence electrons. The first kappa shape index (κ1) is 19.9. The van der Waals surface area contributed by atoms with Gasteiger partial charge in [0.15, 0.2) is 5.78 Å². The number of aliphatic hydroxyl groups excluding tert-OH is 3. The highest BCUT2D eigenvalue weighted by atomic mass is 16.5. The number of aliphatic hydroxyl groups is 3. The van der Waals surface area contributed by atoms with Crippen molar-refractivity contribution >= 4 is 5.78 Å². The molecule has 0 aliphatic carbocycles. The number of ketones is 1. The number of ether oxygens (including phenoxy) is 2. The summed E-state index contributed by atoms with van der Waals surface area (Å²) in [5.74, 6) is 0.972. The lowest BCUT2D eigenvalue weighted by molar-refractivity contribution is 0.0536. The molecule has 0 aliphatic rings. The standard InChI is InChI=1S/C20H24O6/c1-2-16(22)12-25-18-7-3-14(4-8-18)20(24)15-5-9-19(10-6-15)26-13-17(23)11-21/h3-10,16-17,21-23H,2,11-13H2,1H3. The van der Waals surface area contributed by atoms with Gasteiger partial charge < -0.3 is 24.8 Å². The third-order valence-corrected chi connectivity index (χ3v) is 3.80. The predicted molar refractivity (Wildman–Crippen MR) is 96.7 cm³/mol. The van der Waals surface area contributed by atoms with Crippen molar-refractivity contribution < 1.29 is 29.6 Å². The number of rotatable bonds is 10. The molecule has 0 heterocycles. The van der Waals surface area contributed by atoms with E-state index in [1.165, 1.54) is 0 Å². The Morgan fingerprint density at radius 3 is 1.65 bits per heavy atom. The van der Waals surface area contributed by atoms with Crippen LogP contribution in [0.25, 0.3) is 0 Å². The van der Waals surface area contributed by atoms with Crippen LogP contribution >= 0.6 is 0 Å². The van der Waals surface area contributed by atoms with Gasteiger partial charge in [-0.15, -0.1) is 0 Å². The number of hydrogen-bond donors (Lipinski definition) is 3. The predicted octanol–water partition coefficient (Wildman–Crippen LogP) is 1.80. The van der Waals surface area contributed by atoms with Gasteiger partial charge in [-0.25, -0.2) is 0 Å². The first-order valence-electron chi connectivity index (χ1n) is 8.51. The lowest BCUT2D eigenvalue weighted by Gasteiger charge is -2.11. The van der Waals surface area contributed by atoms with Crippen LogP contribution in [0.15, 0.2) is 48.5 Å². The van der Waals surface area contributed by atoms with Crippen LogP contribution in [0.4, 0.5) is 0 Å². The van der Waals surface area contributed by atoms with Gasteiger partial charge in [0.25, 0.3) is 0 Å². The second kappa shape index (κ2) is 9.91. The summed E-state index contributed by atoms with van der Waals surface area (Å²) in [6, 6.07) is 13.3. The van der Waals surface area contributed by atoms with Crippen LogP contribution in [0.1, 0.15) is 29.3 Å². The molecule has 26 heavy (non-hydrogen) atoms. The lowest BCUT2D eigenvalue weighted by Crippen LogP contribution is -2.21. The van der Waals surface area contributed by atoms with Gasteiger partial charge in [-0.2, -0.15) is 0 Å². The van der Waals surface area contributed by atoms with Crippen molar-refractivity contribution in [3.63, 3.8) is 0 Å². The van der Waals surface area contributed by atoms with Gasteiger partial charge in [-0.3, -0.25) is 4.79 Å². The summed E-state index contributed by atoms with van der Waals surface area (Å²) in [7, 11) is 0. The molecule has 6 nitrogen and oxygen atoms in total. The largest absolute Gasteiger partial charge is 0.491 e. The molecule has 0 radical (unpaired) electrons. The summed E-state index contributed by atoms with van der Waals surface area (Å²) >= 11 is 0. The average molecular weight is 360 g/mol. The summed E-state index contributed by atoms with van der Waals surface area (Å²) < 4.78 is 10.8. The fourth-order valence-electron chi connectivity index (χ4n) is 2.13. The van der Waals surface area contributed by atoms with Crippen molar-refractivity contribution in [2.45, 2.75) is 25.6 Å². The quantitative estimate of drug-likeness (QED) is 0.559. The molecule has 2 aromatic carbocycles. The van der Waals surface area contributed by atoms with Gasteiger partial charge in [0, 0.05) is 11.1 Å². The molecule has 6 heteroatoms. The van der Waals surface area contributed by atoms with Crippen LogP contribution in [0, 0.1) is 0 Å². The molecular formula is C20H24O6. The van der Waals surface area contributed by atoms with Crippen molar-refractivity contribution in [3.8, 4) is 11.5 Å². The minimum atomic E-state index is -0.935. The maximum atomic E-state index is 12.5. The average Bonchev–Trinajstić information content (AvgIpc) is 2.70. The Morgan fingerprint density at radius 1 is 0.846 bits per heavy atom. The van der Waals surface area contributed by atoms with Crippen molar-refractivity contribution in [2.75, 3.05) is 19.8 Å². The highest BCUT2D eigenvalue weighted by Gasteiger charge is 2.10. The van der Waals surface area contributed by atoms with Crippen LogP contribution in [0.3, 0.4) is 0 Å². The Hall–Kier alpha value is -2.41. The Kier molecular flexibility index (Phi) is 7.59. The van der Waals surface area contributed by atoms with E-state index in [-0.39, 0.29) is 25.6 Å². The highest BCUT2D eigenvalue weighted by Crippen LogP contribution is 2.18. The zero-order valence-corrected chi connectivity index (χ0v) is 14.7. The maximum absolute atomic E-state index is 12.5. The van der Waals surface area contributed by atoms with Gasteiger partial charge in [0.1, 0.15) is 30.8 Å². The van der Waals surface area contributed by atoms with Crippen LogP contribution < -0.4 is 9.47 Å². The summed E-state index contributed by atoms with van der Waals surface area (Å²) in [6.45, 7) is 1.71. The van der Waals surface area contributed by atoms with Crippen LogP contribution in [-0.2, 0) is 0 Å². The number of carbonyl (C=O) groups excluding carboxylic acids is 1. The van der Waals surface area contributed by atoms with E-state index < -0.39 is 12.2 Å². The van der Waals surface area contributed by atoms with E-state index in [1.807, 2.05) is 6.92 Å². The second-order valence-corrected chi connectivity index (χ2v) is 5.90. The first-order chi connectivity index (χ1) is 12.5. The normalized spacial score (nSPS) is 13.1. The number of benzene rings is 2. The zero-order valence-electron chi connectivity index (χ0n) is 14.7. The van der Waals surface area contributed by atoms with Gasteiger partial charge in [-0.1, -0.05) is 6.92 Å². The summed E-state index contributed by atoms with van der Waals surface area (Å²) in [5, 5.41) is 27.5. The van der Waals surface area contributed by atoms with Crippen molar-refractivity contribution in [2.24, 2.45) is 0 Å². The fourth-order valence-corrected chi connectivity index (χ4v) is 2.13. The van der Waals surface area contributed by atoms with Gasteiger partial charge >= 0.3 is 0 Å². The molecule has 2 aromatic rings. The Morgan fingerprint density at radius 2 is 1.27 bits per heavy atom. The molecule has 0 bridgehead atoms. The molecule has 2 atom stereocenters.